The van der Waals surface area contributed by atoms with Gasteiger partial charge in [0, 0.05) is 23.8 Å². The fourth-order valence-corrected chi connectivity index (χ4v) is 3.46. The summed E-state index contributed by atoms with van der Waals surface area (Å²) in [7, 11) is 0. The highest BCUT2D eigenvalue weighted by Gasteiger charge is 2.26. The fraction of sp³-hybridized carbons (Fsp3) is 0.190. The molecular weight excluding hydrogens is 360 g/mol. The van der Waals surface area contributed by atoms with Gasteiger partial charge in [0.25, 0.3) is 5.91 Å². The molecule has 1 N–H and O–H groups in total. The second-order valence-electron chi connectivity index (χ2n) is 6.43. The smallest absolute Gasteiger partial charge is 0.278 e. The predicted molar refractivity (Wildman–Crippen MR) is 108 cm³/mol. The number of para-hydroxylation sites is 1. The van der Waals surface area contributed by atoms with Crippen LogP contribution in [-0.2, 0) is 12.8 Å². The zero-order valence-corrected chi connectivity index (χ0v) is 15.5. The highest BCUT2D eigenvalue weighted by Crippen LogP contribution is 2.28. The molecule has 0 saturated carbocycles. The molecule has 0 fully saturated rings. The molecule has 0 aliphatic carbocycles. The molecule has 0 radical (unpaired) electrons. The maximum Gasteiger partial charge on any atom is 0.278 e. The molecule has 6 heteroatoms. The molecule has 1 aliphatic heterocycles. The van der Waals surface area contributed by atoms with Crippen LogP contribution in [0.4, 0.5) is 11.5 Å². The van der Waals surface area contributed by atoms with E-state index in [0.717, 1.165) is 29.1 Å². The molecule has 0 bridgehead atoms. The van der Waals surface area contributed by atoms with Gasteiger partial charge >= 0.3 is 0 Å². The molecule has 0 saturated heterocycles. The second kappa shape index (κ2) is 7.76. The Morgan fingerprint density at radius 1 is 1.11 bits per heavy atom. The van der Waals surface area contributed by atoms with Crippen molar-refractivity contribution in [1.29, 1.82) is 0 Å². The van der Waals surface area contributed by atoms with Crippen LogP contribution in [-0.4, -0.2) is 29.0 Å². The molecule has 0 spiro atoms. The Balaban J connectivity index is 1.37. The van der Waals surface area contributed by atoms with Crippen LogP contribution < -0.4 is 10.2 Å². The van der Waals surface area contributed by atoms with E-state index in [4.69, 9.17) is 11.6 Å². The molecule has 136 valence electrons. The lowest BCUT2D eigenvalue weighted by Crippen LogP contribution is -2.29. The zero-order valence-electron chi connectivity index (χ0n) is 14.7. The molecule has 2 aromatic carbocycles. The van der Waals surface area contributed by atoms with Crippen LogP contribution in [0.25, 0.3) is 0 Å². The lowest BCUT2D eigenvalue weighted by atomic mass is 10.1. The van der Waals surface area contributed by atoms with Gasteiger partial charge in [-0.3, -0.25) is 4.79 Å². The monoisotopic (exact) mass is 378 g/mol. The Kier molecular flexibility index (Phi) is 5.03. The molecule has 4 rings (SSSR count). The molecule has 27 heavy (non-hydrogen) atoms. The third-order valence-electron chi connectivity index (χ3n) is 4.61. The summed E-state index contributed by atoms with van der Waals surface area (Å²) in [5, 5.41) is 3.96. The minimum Gasteiger partial charge on any atom is -0.368 e. The van der Waals surface area contributed by atoms with E-state index in [2.05, 4.69) is 21.4 Å². The summed E-state index contributed by atoms with van der Waals surface area (Å²) >= 11 is 5.99. The third-order valence-corrected chi connectivity index (χ3v) is 4.85. The van der Waals surface area contributed by atoms with E-state index < -0.39 is 0 Å². The Hall–Kier alpha value is -2.92. The van der Waals surface area contributed by atoms with Crippen molar-refractivity contribution < 1.29 is 4.79 Å². The van der Waals surface area contributed by atoms with Crippen molar-refractivity contribution in [2.45, 2.75) is 12.8 Å². The lowest BCUT2D eigenvalue weighted by molar-refractivity contribution is 0.0984. The number of nitrogens with one attached hydrogen (secondary N) is 1. The van der Waals surface area contributed by atoms with Crippen LogP contribution in [0.15, 0.2) is 60.9 Å². The van der Waals surface area contributed by atoms with Crippen LogP contribution in [0.1, 0.15) is 21.6 Å². The van der Waals surface area contributed by atoms with Crippen LogP contribution >= 0.6 is 11.6 Å². The van der Waals surface area contributed by atoms with Gasteiger partial charge < -0.3 is 10.2 Å². The summed E-state index contributed by atoms with van der Waals surface area (Å²) in [6.07, 6.45) is 4.84. The number of anilines is 2. The molecular formula is C21H19ClN4O. The van der Waals surface area contributed by atoms with Crippen molar-refractivity contribution in [3.8, 4) is 0 Å². The number of rotatable bonds is 5. The lowest BCUT2D eigenvalue weighted by Gasteiger charge is -2.16. The number of nitrogens with zero attached hydrogens (tertiary/aromatic N) is 3. The van der Waals surface area contributed by atoms with Crippen molar-refractivity contribution in [3.05, 3.63) is 82.8 Å². The van der Waals surface area contributed by atoms with Gasteiger partial charge in [-0.05, 0) is 42.2 Å². The number of carbonyl (C=O) groups is 1. The van der Waals surface area contributed by atoms with Gasteiger partial charge in [0.1, 0.15) is 11.5 Å². The van der Waals surface area contributed by atoms with Gasteiger partial charge in [0.05, 0.1) is 12.4 Å². The van der Waals surface area contributed by atoms with Crippen LogP contribution in [0.5, 0.6) is 0 Å². The summed E-state index contributed by atoms with van der Waals surface area (Å²) in [5.74, 6) is 0.535. The second-order valence-corrected chi connectivity index (χ2v) is 6.87. The van der Waals surface area contributed by atoms with E-state index >= 15 is 0 Å². The Bertz CT molecular complexity index is 958. The van der Waals surface area contributed by atoms with Gasteiger partial charge in [0.15, 0.2) is 0 Å². The third kappa shape index (κ3) is 3.93. The Morgan fingerprint density at radius 2 is 2.00 bits per heavy atom. The summed E-state index contributed by atoms with van der Waals surface area (Å²) in [5.41, 5.74) is 3.67. The fourth-order valence-electron chi connectivity index (χ4n) is 3.24. The topological polar surface area (TPSA) is 58.1 Å². The minimum absolute atomic E-state index is 0.113. The summed E-state index contributed by atoms with van der Waals surface area (Å²) in [4.78, 5) is 23.1. The van der Waals surface area contributed by atoms with Crippen LogP contribution in [0.2, 0.25) is 5.02 Å². The summed E-state index contributed by atoms with van der Waals surface area (Å²) in [6.45, 7) is 1.39. The first kappa shape index (κ1) is 17.5. The first-order valence-corrected chi connectivity index (χ1v) is 9.28. The Labute approximate surface area is 163 Å². The first-order chi connectivity index (χ1) is 13.2. The average molecular weight is 379 g/mol. The SMILES string of the molecule is O=C(c1cnc(NCCc2cccc(Cl)c2)cn1)N1CCc2ccccc21. The predicted octanol–water partition coefficient (Wildman–Crippen LogP) is 3.99. The van der Waals surface area contributed by atoms with Crippen LogP contribution in [0, 0.1) is 0 Å². The zero-order chi connectivity index (χ0) is 18.6. The Morgan fingerprint density at radius 3 is 2.81 bits per heavy atom. The van der Waals surface area contributed by atoms with Gasteiger partial charge in [0.2, 0.25) is 0 Å². The van der Waals surface area contributed by atoms with Crippen LogP contribution in [0.3, 0.4) is 0 Å². The quantitative estimate of drug-likeness (QED) is 0.729. The summed E-state index contributed by atoms with van der Waals surface area (Å²) in [6, 6.07) is 15.8. The molecule has 0 atom stereocenters. The molecule has 3 aromatic rings. The van der Waals surface area contributed by atoms with Gasteiger partial charge in [-0.1, -0.05) is 41.9 Å². The first-order valence-electron chi connectivity index (χ1n) is 8.91. The van der Waals surface area contributed by atoms with E-state index in [1.807, 2.05) is 42.5 Å². The van der Waals surface area contributed by atoms with E-state index in [1.165, 1.54) is 11.8 Å². The maximum atomic E-state index is 12.7. The van der Waals surface area contributed by atoms with Gasteiger partial charge in [-0.15, -0.1) is 0 Å². The standard InChI is InChI=1S/C21H19ClN4O/c22-17-6-3-4-15(12-17)8-10-23-20-14-24-18(13-25-20)21(27)26-11-9-16-5-1-2-7-19(16)26/h1-7,12-14H,8-11H2,(H,23,25). The number of benzene rings is 2. The highest BCUT2D eigenvalue weighted by molar-refractivity contribution is 6.30. The molecule has 1 amide bonds. The normalized spacial score (nSPS) is 12.7. The van der Waals surface area contributed by atoms with E-state index in [0.29, 0.717) is 24.6 Å². The molecule has 1 aromatic heterocycles. The van der Waals surface area contributed by atoms with E-state index in [-0.39, 0.29) is 5.91 Å². The van der Waals surface area contributed by atoms with Gasteiger partial charge in [-0.25, -0.2) is 9.97 Å². The largest absolute Gasteiger partial charge is 0.368 e. The van der Waals surface area contributed by atoms with E-state index in [1.54, 1.807) is 11.1 Å². The van der Waals surface area contributed by atoms with Crippen molar-refractivity contribution in [2.75, 3.05) is 23.3 Å². The molecule has 5 nitrogen and oxygen atoms in total. The number of aromatic nitrogens is 2. The number of fused-ring (bicyclic) bond motifs is 1. The highest BCUT2D eigenvalue weighted by atomic mass is 35.5. The number of carbonyl (C=O) groups excluding carboxylic acids is 1. The van der Waals surface area contributed by atoms with Crippen molar-refractivity contribution >= 4 is 29.0 Å². The molecule has 0 unspecified atom stereocenters. The van der Waals surface area contributed by atoms with Crippen molar-refractivity contribution in [3.63, 3.8) is 0 Å². The van der Waals surface area contributed by atoms with Crippen molar-refractivity contribution in [1.82, 2.24) is 9.97 Å². The number of amides is 1. The molecule has 1 aliphatic rings. The molecule has 2 heterocycles. The minimum atomic E-state index is -0.113. The maximum absolute atomic E-state index is 12.7. The number of hydrogen-bond acceptors (Lipinski definition) is 4. The average Bonchev–Trinajstić information content (AvgIpc) is 3.12. The number of halogens is 1. The van der Waals surface area contributed by atoms with E-state index in [9.17, 15) is 4.79 Å². The van der Waals surface area contributed by atoms with Gasteiger partial charge in [-0.2, -0.15) is 0 Å². The van der Waals surface area contributed by atoms with Crippen molar-refractivity contribution in [2.24, 2.45) is 0 Å². The summed E-state index contributed by atoms with van der Waals surface area (Å²) < 4.78 is 0. The number of hydrogen-bond donors (Lipinski definition) is 1.